The summed E-state index contributed by atoms with van der Waals surface area (Å²) in [5, 5.41) is 10.4. The monoisotopic (exact) mass is 219 g/mol. The Balaban J connectivity index is 2.68. The summed E-state index contributed by atoms with van der Waals surface area (Å²) in [6, 6.07) is 6.29. The maximum Gasteiger partial charge on any atom is 0.452 e. The first-order chi connectivity index (χ1) is 7.76. The number of carbonyl (C=O) groups is 1. The van der Waals surface area contributed by atoms with E-state index in [0.717, 1.165) is 0 Å². The van der Waals surface area contributed by atoms with Crippen LogP contribution in [0.25, 0.3) is 10.4 Å². The van der Waals surface area contributed by atoms with Gasteiger partial charge >= 0.3 is 6.09 Å². The molecule has 1 rings (SSSR count). The van der Waals surface area contributed by atoms with Crippen LogP contribution in [0.4, 0.5) is 16.2 Å². The smallest absolute Gasteiger partial charge is 0.447 e. The van der Waals surface area contributed by atoms with Gasteiger partial charge in [-0.3, -0.25) is 0 Å². The van der Waals surface area contributed by atoms with Crippen LogP contribution in [0, 0.1) is 0 Å². The van der Waals surface area contributed by atoms with Gasteiger partial charge in [0.25, 0.3) is 0 Å². The Morgan fingerprint density at radius 1 is 1.38 bits per heavy atom. The summed E-state index contributed by atoms with van der Waals surface area (Å²) in [4.78, 5) is 13.5. The summed E-state index contributed by atoms with van der Waals surface area (Å²) < 4.78 is 4.56. The molecule has 7 heteroatoms. The third kappa shape index (κ3) is 3.77. The molecule has 0 atom stereocenters. The summed E-state index contributed by atoms with van der Waals surface area (Å²) in [5.41, 5.74) is 9.13. The largest absolute Gasteiger partial charge is 0.452 e. The highest BCUT2D eigenvalue weighted by Gasteiger charge is 1.96. The van der Waals surface area contributed by atoms with Crippen LogP contribution in [0.2, 0.25) is 0 Å². The molecule has 0 saturated carbocycles. The summed E-state index contributed by atoms with van der Waals surface area (Å²) in [5.74, 6) is 0. The van der Waals surface area contributed by atoms with E-state index in [-0.39, 0.29) is 6.61 Å². The van der Waals surface area contributed by atoms with Gasteiger partial charge in [-0.05, 0) is 24.6 Å². The quantitative estimate of drug-likeness (QED) is 0.437. The van der Waals surface area contributed by atoms with Crippen LogP contribution in [-0.2, 0) is 4.74 Å². The molecule has 0 bridgehead atoms. The van der Waals surface area contributed by atoms with Gasteiger partial charge in [0.1, 0.15) is 0 Å². The SMILES string of the molecule is CCOC(=O)N=Nc1ccc(N=[N+]=[N-])cc1. The molecule has 0 saturated heterocycles. The van der Waals surface area contributed by atoms with Crippen molar-refractivity contribution in [3.05, 3.63) is 34.7 Å². The minimum atomic E-state index is -0.735. The summed E-state index contributed by atoms with van der Waals surface area (Å²) in [6.45, 7) is 1.94. The number of carbonyl (C=O) groups excluding carboxylic acids is 1. The van der Waals surface area contributed by atoms with Crippen LogP contribution in [0.1, 0.15) is 6.92 Å². The lowest BCUT2D eigenvalue weighted by molar-refractivity contribution is 0.162. The van der Waals surface area contributed by atoms with Crippen molar-refractivity contribution in [2.24, 2.45) is 15.3 Å². The summed E-state index contributed by atoms with van der Waals surface area (Å²) in [6.07, 6.45) is -0.735. The molecule has 0 N–H and O–H groups in total. The Kier molecular flexibility index (Phi) is 4.49. The van der Waals surface area contributed by atoms with Crippen molar-refractivity contribution >= 4 is 17.5 Å². The standard InChI is InChI=1S/C9H9N5O2/c1-2-16-9(15)13-11-7-3-5-8(6-4-7)12-14-10/h3-6H,2H2,1H3. The van der Waals surface area contributed by atoms with E-state index in [1.807, 2.05) is 0 Å². The van der Waals surface area contributed by atoms with E-state index >= 15 is 0 Å². The number of benzene rings is 1. The maximum absolute atomic E-state index is 10.8. The molecule has 1 amide bonds. The van der Waals surface area contributed by atoms with Gasteiger partial charge < -0.3 is 4.74 Å². The molecule has 0 aliphatic heterocycles. The lowest BCUT2D eigenvalue weighted by atomic mass is 10.3. The van der Waals surface area contributed by atoms with Crippen molar-refractivity contribution in [1.29, 1.82) is 0 Å². The lowest BCUT2D eigenvalue weighted by Crippen LogP contribution is -1.95. The van der Waals surface area contributed by atoms with Crippen molar-refractivity contribution < 1.29 is 9.53 Å². The molecule has 0 spiro atoms. The maximum atomic E-state index is 10.8. The van der Waals surface area contributed by atoms with Crippen LogP contribution in [0.3, 0.4) is 0 Å². The second-order valence-corrected chi connectivity index (χ2v) is 2.60. The van der Waals surface area contributed by atoms with Crippen molar-refractivity contribution in [3.63, 3.8) is 0 Å². The Morgan fingerprint density at radius 2 is 2.00 bits per heavy atom. The van der Waals surface area contributed by atoms with E-state index in [2.05, 4.69) is 25.0 Å². The number of amides is 1. The van der Waals surface area contributed by atoms with Crippen LogP contribution in [0.15, 0.2) is 39.6 Å². The number of hydrogen-bond donors (Lipinski definition) is 0. The minimum absolute atomic E-state index is 0.258. The molecule has 0 unspecified atom stereocenters. The van der Waals surface area contributed by atoms with Crippen molar-refractivity contribution in [2.75, 3.05) is 6.61 Å². The fraction of sp³-hybridized carbons (Fsp3) is 0.222. The van der Waals surface area contributed by atoms with E-state index in [0.29, 0.717) is 11.4 Å². The zero-order chi connectivity index (χ0) is 11.8. The predicted molar refractivity (Wildman–Crippen MR) is 56.8 cm³/mol. The lowest BCUT2D eigenvalue weighted by Gasteiger charge is -1.94. The van der Waals surface area contributed by atoms with E-state index < -0.39 is 6.09 Å². The second-order valence-electron chi connectivity index (χ2n) is 2.60. The molecule has 1 aromatic carbocycles. The average molecular weight is 219 g/mol. The minimum Gasteiger partial charge on any atom is -0.447 e. The van der Waals surface area contributed by atoms with Gasteiger partial charge in [0.05, 0.1) is 12.3 Å². The summed E-state index contributed by atoms with van der Waals surface area (Å²) in [7, 11) is 0. The topological polar surface area (TPSA) is 99.8 Å². The van der Waals surface area contributed by atoms with Crippen molar-refractivity contribution in [2.45, 2.75) is 6.92 Å². The fourth-order valence-corrected chi connectivity index (χ4v) is 0.889. The van der Waals surface area contributed by atoms with Crippen LogP contribution < -0.4 is 0 Å². The molecule has 0 aromatic heterocycles. The van der Waals surface area contributed by atoms with E-state index in [4.69, 9.17) is 5.53 Å². The van der Waals surface area contributed by atoms with Gasteiger partial charge in [0, 0.05) is 10.6 Å². The number of hydrogen-bond acceptors (Lipinski definition) is 4. The van der Waals surface area contributed by atoms with Crippen molar-refractivity contribution in [3.8, 4) is 0 Å². The van der Waals surface area contributed by atoms with E-state index in [9.17, 15) is 4.79 Å². The average Bonchev–Trinajstić information content (AvgIpc) is 2.29. The number of azide groups is 1. The van der Waals surface area contributed by atoms with E-state index in [1.54, 1.807) is 31.2 Å². The zero-order valence-electron chi connectivity index (χ0n) is 8.57. The molecule has 16 heavy (non-hydrogen) atoms. The molecule has 0 heterocycles. The van der Waals surface area contributed by atoms with Crippen LogP contribution >= 0.6 is 0 Å². The van der Waals surface area contributed by atoms with Crippen LogP contribution in [0.5, 0.6) is 0 Å². The third-order valence-electron chi connectivity index (χ3n) is 1.52. The second kappa shape index (κ2) is 6.15. The predicted octanol–water partition coefficient (Wildman–Crippen LogP) is 3.87. The van der Waals surface area contributed by atoms with Gasteiger partial charge in [0.2, 0.25) is 0 Å². The Morgan fingerprint density at radius 3 is 2.56 bits per heavy atom. The zero-order valence-corrected chi connectivity index (χ0v) is 8.57. The van der Waals surface area contributed by atoms with Gasteiger partial charge in [-0.25, -0.2) is 4.79 Å². The molecular formula is C9H9N5O2. The highest BCUT2D eigenvalue weighted by Crippen LogP contribution is 2.18. The highest BCUT2D eigenvalue weighted by molar-refractivity contribution is 5.67. The van der Waals surface area contributed by atoms with Crippen LogP contribution in [-0.4, -0.2) is 12.7 Å². The summed E-state index contributed by atoms with van der Waals surface area (Å²) >= 11 is 0. The molecule has 0 radical (unpaired) electrons. The van der Waals surface area contributed by atoms with Gasteiger partial charge in [0.15, 0.2) is 0 Å². The highest BCUT2D eigenvalue weighted by atomic mass is 16.5. The first-order valence-corrected chi connectivity index (χ1v) is 4.50. The Labute approximate surface area is 91.4 Å². The van der Waals surface area contributed by atoms with Crippen molar-refractivity contribution in [1.82, 2.24) is 0 Å². The fourth-order valence-electron chi connectivity index (χ4n) is 0.889. The van der Waals surface area contributed by atoms with Gasteiger partial charge in [-0.1, -0.05) is 22.4 Å². The molecule has 0 aliphatic rings. The first-order valence-electron chi connectivity index (χ1n) is 4.50. The normalized spacial score (nSPS) is 9.81. The Hall–Kier alpha value is -2.40. The van der Waals surface area contributed by atoms with Gasteiger partial charge in [-0.15, -0.1) is 5.11 Å². The first kappa shape index (κ1) is 11.7. The van der Waals surface area contributed by atoms with E-state index in [1.165, 1.54) is 0 Å². The number of azo groups is 1. The molecule has 0 aliphatic carbocycles. The van der Waals surface area contributed by atoms with Gasteiger partial charge in [-0.2, -0.15) is 0 Å². The molecule has 0 fully saturated rings. The molecule has 7 nitrogen and oxygen atoms in total. The number of ether oxygens (including phenoxy) is 1. The number of nitrogens with zero attached hydrogens (tertiary/aromatic N) is 5. The molecule has 1 aromatic rings. The Bertz CT molecular complexity index is 434. The molecular weight excluding hydrogens is 210 g/mol. The third-order valence-corrected chi connectivity index (χ3v) is 1.52. The molecule has 82 valence electrons. The number of rotatable bonds is 3.